The molecule has 0 aromatic carbocycles. The number of nitrogens with one attached hydrogen (secondary N) is 1. The summed E-state index contributed by atoms with van der Waals surface area (Å²) < 4.78 is 1.91. The predicted octanol–water partition coefficient (Wildman–Crippen LogP) is 1.22. The van der Waals surface area contributed by atoms with E-state index in [2.05, 4.69) is 23.1 Å². The number of aromatic nitrogens is 3. The normalized spacial score (nSPS) is 10.9. The number of aryl methyl sites for hydroxylation is 1. The molecule has 2 rings (SSSR count). The van der Waals surface area contributed by atoms with Gasteiger partial charge in [-0.2, -0.15) is 5.10 Å². The summed E-state index contributed by atoms with van der Waals surface area (Å²) in [5, 5.41) is 4.47. The number of H-pyrrole nitrogens is 1. The van der Waals surface area contributed by atoms with E-state index in [4.69, 9.17) is 5.73 Å². The molecule has 0 atom stereocenters. The van der Waals surface area contributed by atoms with Gasteiger partial charge in [-0.15, -0.1) is 0 Å². The fraction of sp³-hybridized carbons (Fsp3) is 0.364. The van der Waals surface area contributed by atoms with E-state index in [-0.39, 0.29) is 0 Å². The molecule has 2 aromatic heterocycles. The topological polar surface area (TPSA) is 59.6 Å². The molecule has 4 heteroatoms. The van der Waals surface area contributed by atoms with E-state index in [0.717, 1.165) is 23.5 Å². The van der Waals surface area contributed by atoms with Crippen LogP contribution < -0.4 is 5.73 Å². The quantitative estimate of drug-likeness (QED) is 0.789. The van der Waals surface area contributed by atoms with Gasteiger partial charge in [0.2, 0.25) is 0 Å². The number of hydrogen-bond acceptors (Lipinski definition) is 2. The molecular formula is C11H16N4. The minimum absolute atomic E-state index is 0.641. The fourth-order valence-corrected chi connectivity index (χ4v) is 1.91. The lowest BCUT2D eigenvalue weighted by molar-refractivity contribution is 0.744. The standard InChI is InChI=1S/C11H16N4/c1-8-9(5-6-12)14-15(2)11(8)10-4-3-7-13-10/h3-4,7,13H,5-6,12H2,1-2H3. The smallest absolute Gasteiger partial charge is 0.0873 e. The van der Waals surface area contributed by atoms with Gasteiger partial charge in [-0.05, 0) is 31.2 Å². The van der Waals surface area contributed by atoms with Crippen molar-refractivity contribution in [3.8, 4) is 11.4 Å². The van der Waals surface area contributed by atoms with Crippen LogP contribution in [-0.2, 0) is 13.5 Å². The predicted molar refractivity (Wildman–Crippen MR) is 60.5 cm³/mol. The Hall–Kier alpha value is -1.55. The first-order valence-electron chi connectivity index (χ1n) is 5.10. The van der Waals surface area contributed by atoms with Gasteiger partial charge in [-0.3, -0.25) is 4.68 Å². The Kier molecular flexibility index (Phi) is 2.60. The van der Waals surface area contributed by atoms with Gasteiger partial charge in [0.25, 0.3) is 0 Å². The zero-order valence-electron chi connectivity index (χ0n) is 9.12. The minimum Gasteiger partial charge on any atom is -0.360 e. The molecule has 2 aromatic rings. The maximum absolute atomic E-state index is 5.55. The molecule has 0 bridgehead atoms. The first-order chi connectivity index (χ1) is 7.24. The van der Waals surface area contributed by atoms with Crippen LogP contribution in [0.4, 0.5) is 0 Å². The van der Waals surface area contributed by atoms with E-state index in [1.165, 1.54) is 5.56 Å². The van der Waals surface area contributed by atoms with Gasteiger partial charge in [-0.1, -0.05) is 0 Å². The van der Waals surface area contributed by atoms with E-state index in [1.807, 2.05) is 24.0 Å². The lowest BCUT2D eigenvalue weighted by atomic mass is 10.1. The molecule has 0 saturated heterocycles. The fourth-order valence-electron chi connectivity index (χ4n) is 1.91. The molecule has 0 aliphatic heterocycles. The van der Waals surface area contributed by atoms with Crippen LogP contribution in [-0.4, -0.2) is 21.3 Å². The van der Waals surface area contributed by atoms with Gasteiger partial charge >= 0.3 is 0 Å². The van der Waals surface area contributed by atoms with Crippen LogP contribution in [0, 0.1) is 6.92 Å². The van der Waals surface area contributed by atoms with Gasteiger partial charge in [0, 0.05) is 19.7 Å². The van der Waals surface area contributed by atoms with Crippen molar-refractivity contribution in [2.24, 2.45) is 12.8 Å². The summed E-state index contributed by atoms with van der Waals surface area (Å²) >= 11 is 0. The third-order valence-corrected chi connectivity index (χ3v) is 2.62. The van der Waals surface area contributed by atoms with E-state index in [1.54, 1.807) is 0 Å². The first kappa shape index (κ1) is 9.98. The van der Waals surface area contributed by atoms with Crippen molar-refractivity contribution >= 4 is 0 Å². The SMILES string of the molecule is Cc1c(CCN)nn(C)c1-c1ccc[nH]1. The molecule has 0 aliphatic carbocycles. The van der Waals surface area contributed by atoms with Crippen molar-refractivity contribution in [2.45, 2.75) is 13.3 Å². The Labute approximate surface area is 89.1 Å². The largest absolute Gasteiger partial charge is 0.360 e. The molecule has 0 aliphatic rings. The maximum Gasteiger partial charge on any atom is 0.0873 e. The molecule has 4 nitrogen and oxygen atoms in total. The van der Waals surface area contributed by atoms with E-state index >= 15 is 0 Å². The number of aromatic amines is 1. The van der Waals surface area contributed by atoms with Crippen molar-refractivity contribution in [1.29, 1.82) is 0 Å². The molecule has 0 spiro atoms. The second kappa shape index (κ2) is 3.90. The minimum atomic E-state index is 0.641. The van der Waals surface area contributed by atoms with Crippen molar-refractivity contribution in [2.75, 3.05) is 6.54 Å². The van der Waals surface area contributed by atoms with Crippen LogP contribution in [0.25, 0.3) is 11.4 Å². The zero-order chi connectivity index (χ0) is 10.8. The highest BCUT2D eigenvalue weighted by atomic mass is 15.3. The molecular weight excluding hydrogens is 188 g/mol. The van der Waals surface area contributed by atoms with Gasteiger partial charge in [0.1, 0.15) is 0 Å². The summed E-state index contributed by atoms with van der Waals surface area (Å²) in [6.07, 6.45) is 2.75. The Morgan fingerprint density at radius 2 is 2.33 bits per heavy atom. The second-order valence-corrected chi connectivity index (χ2v) is 3.67. The first-order valence-corrected chi connectivity index (χ1v) is 5.10. The van der Waals surface area contributed by atoms with Gasteiger partial charge in [0.05, 0.1) is 17.1 Å². The average Bonchev–Trinajstić information content (AvgIpc) is 2.77. The van der Waals surface area contributed by atoms with Crippen molar-refractivity contribution < 1.29 is 0 Å². The Morgan fingerprint density at radius 1 is 1.53 bits per heavy atom. The van der Waals surface area contributed by atoms with Crippen molar-refractivity contribution in [3.63, 3.8) is 0 Å². The molecule has 0 radical (unpaired) electrons. The Balaban J connectivity index is 2.48. The molecule has 3 N–H and O–H groups in total. The summed E-state index contributed by atoms with van der Waals surface area (Å²) in [7, 11) is 1.96. The molecule has 2 heterocycles. The summed E-state index contributed by atoms with van der Waals surface area (Å²) in [5.41, 5.74) is 10.1. The lowest BCUT2D eigenvalue weighted by Gasteiger charge is -2.00. The van der Waals surface area contributed by atoms with Crippen LogP contribution in [0.1, 0.15) is 11.3 Å². The van der Waals surface area contributed by atoms with Crippen LogP contribution in [0.5, 0.6) is 0 Å². The number of rotatable bonds is 3. The van der Waals surface area contributed by atoms with Crippen LogP contribution >= 0.6 is 0 Å². The highest BCUT2D eigenvalue weighted by molar-refractivity contribution is 5.60. The number of nitrogens with zero attached hydrogens (tertiary/aromatic N) is 2. The molecule has 0 fully saturated rings. The van der Waals surface area contributed by atoms with E-state index in [0.29, 0.717) is 6.54 Å². The zero-order valence-corrected chi connectivity index (χ0v) is 9.12. The Bertz CT molecular complexity index is 439. The van der Waals surface area contributed by atoms with Gasteiger partial charge in [-0.25, -0.2) is 0 Å². The molecule has 0 unspecified atom stereocenters. The highest BCUT2D eigenvalue weighted by Crippen LogP contribution is 2.23. The van der Waals surface area contributed by atoms with E-state index in [9.17, 15) is 0 Å². The van der Waals surface area contributed by atoms with Crippen molar-refractivity contribution in [3.05, 3.63) is 29.6 Å². The number of nitrogens with two attached hydrogens (primary N) is 1. The number of hydrogen-bond donors (Lipinski definition) is 2. The average molecular weight is 204 g/mol. The molecule has 15 heavy (non-hydrogen) atoms. The second-order valence-electron chi connectivity index (χ2n) is 3.67. The van der Waals surface area contributed by atoms with Crippen molar-refractivity contribution in [1.82, 2.24) is 14.8 Å². The summed E-state index contributed by atoms with van der Waals surface area (Å²) in [5.74, 6) is 0. The van der Waals surface area contributed by atoms with Gasteiger partial charge in [0.15, 0.2) is 0 Å². The summed E-state index contributed by atoms with van der Waals surface area (Å²) in [6, 6.07) is 4.04. The lowest BCUT2D eigenvalue weighted by Crippen LogP contribution is -2.04. The molecule has 0 amide bonds. The highest BCUT2D eigenvalue weighted by Gasteiger charge is 2.13. The maximum atomic E-state index is 5.55. The third-order valence-electron chi connectivity index (χ3n) is 2.62. The summed E-state index contributed by atoms with van der Waals surface area (Å²) in [6.45, 7) is 2.73. The van der Waals surface area contributed by atoms with Gasteiger partial charge < -0.3 is 10.7 Å². The Morgan fingerprint density at radius 3 is 2.93 bits per heavy atom. The third kappa shape index (κ3) is 1.68. The van der Waals surface area contributed by atoms with Crippen LogP contribution in [0.15, 0.2) is 18.3 Å². The summed E-state index contributed by atoms with van der Waals surface area (Å²) in [4.78, 5) is 3.20. The van der Waals surface area contributed by atoms with E-state index < -0.39 is 0 Å². The molecule has 0 saturated carbocycles. The van der Waals surface area contributed by atoms with Crippen LogP contribution in [0.2, 0.25) is 0 Å². The molecule has 80 valence electrons. The monoisotopic (exact) mass is 204 g/mol. The van der Waals surface area contributed by atoms with Crippen LogP contribution in [0.3, 0.4) is 0 Å².